The molecular weight excluding hydrogens is 282 g/mol. The molecule has 1 aromatic carbocycles. The van der Waals surface area contributed by atoms with Crippen LogP contribution in [0.1, 0.15) is 38.3 Å². The van der Waals surface area contributed by atoms with Crippen LogP contribution in [0.25, 0.3) is 0 Å². The fourth-order valence-corrected chi connectivity index (χ4v) is 3.08. The smallest absolute Gasteiger partial charge is 0.246 e. The van der Waals surface area contributed by atoms with Crippen LogP contribution in [0.4, 0.5) is 0 Å². The molecule has 2 heterocycles. The van der Waals surface area contributed by atoms with Crippen molar-refractivity contribution in [1.82, 2.24) is 5.32 Å². The Morgan fingerprint density at radius 3 is 2.65 bits per heavy atom. The highest BCUT2D eigenvalue weighted by Gasteiger charge is 2.33. The number of hydrogen-bond acceptors (Lipinski definition) is 3. The van der Waals surface area contributed by atoms with Gasteiger partial charge in [-0.15, -0.1) is 0 Å². The van der Waals surface area contributed by atoms with E-state index in [1.807, 2.05) is 19.9 Å². The second kappa shape index (κ2) is 3.89. The van der Waals surface area contributed by atoms with E-state index >= 15 is 0 Å². The van der Waals surface area contributed by atoms with Crippen LogP contribution in [0.15, 0.2) is 16.6 Å². The van der Waals surface area contributed by atoms with Gasteiger partial charge < -0.3 is 14.8 Å². The molecule has 1 N–H and O–H groups in total. The Labute approximate surface area is 110 Å². The van der Waals surface area contributed by atoms with Gasteiger partial charge in [-0.2, -0.15) is 0 Å². The Hall–Kier alpha value is -0.740. The summed E-state index contributed by atoms with van der Waals surface area (Å²) in [4.78, 5) is 0. The molecule has 0 saturated carbocycles. The number of benzene rings is 1. The second-order valence-corrected chi connectivity index (χ2v) is 5.93. The predicted octanol–water partition coefficient (Wildman–Crippen LogP) is 3.38. The minimum absolute atomic E-state index is 0.432. The molecule has 0 spiro atoms. The maximum Gasteiger partial charge on any atom is 0.246 e. The number of nitrogens with one attached hydrogen (secondary N) is 1. The maximum atomic E-state index is 5.78. The van der Waals surface area contributed by atoms with Crippen molar-refractivity contribution < 1.29 is 9.47 Å². The van der Waals surface area contributed by atoms with E-state index in [2.05, 4.69) is 27.3 Å². The maximum absolute atomic E-state index is 5.78. The molecule has 1 fully saturated rings. The average molecular weight is 298 g/mol. The van der Waals surface area contributed by atoms with E-state index in [0.717, 1.165) is 22.5 Å². The minimum Gasteiger partial charge on any atom is -0.449 e. The van der Waals surface area contributed by atoms with Crippen LogP contribution in [0, 0.1) is 0 Å². The second-order valence-electron chi connectivity index (χ2n) is 5.07. The van der Waals surface area contributed by atoms with Gasteiger partial charge in [-0.05, 0) is 37.1 Å². The summed E-state index contributed by atoms with van der Waals surface area (Å²) in [6.07, 6.45) is 2.42. The number of rotatable bonds is 1. The third-order valence-electron chi connectivity index (χ3n) is 3.21. The molecule has 2 aliphatic rings. The third-order valence-corrected chi connectivity index (χ3v) is 3.90. The standard InChI is InChI=1S/C13H16BrNO2/c1-13(2)16-11-6-8(10-4-3-5-15-10)9(14)7-12(11)17-13/h6-7,10,15H,3-5H2,1-2H3. The summed E-state index contributed by atoms with van der Waals surface area (Å²) >= 11 is 3.62. The normalized spacial score (nSPS) is 25.2. The molecule has 17 heavy (non-hydrogen) atoms. The Morgan fingerprint density at radius 1 is 1.29 bits per heavy atom. The van der Waals surface area contributed by atoms with E-state index in [0.29, 0.717) is 6.04 Å². The van der Waals surface area contributed by atoms with Crippen LogP contribution < -0.4 is 14.8 Å². The summed E-state index contributed by atoms with van der Waals surface area (Å²) < 4.78 is 12.6. The van der Waals surface area contributed by atoms with Crippen LogP contribution in [-0.4, -0.2) is 12.3 Å². The largest absolute Gasteiger partial charge is 0.449 e. The number of ether oxygens (including phenoxy) is 2. The first kappa shape index (κ1) is 11.4. The fraction of sp³-hybridized carbons (Fsp3) is 0.538. The summed E-state index contributed by atoms with van der Waals surface area (Å²) in [5.74, 6) is 1.12. The van der Waals surface area contributed by atoms with Crippen molar-refractivity contribution in [3.05, 3.63) is 22.2 Å². The molecule has 3 rings (SSSR count). The molecule has 2 aliphatic heterocycles. The van der Waals surface area contributed by atoms with E-state index in [4.69, 9.17) is 9.47 Å². The van der Waals surface area contributed by atoms with Gasteiger partial charge in [0.2, 0.25) is 5.79 Å². The molecule has 3 nitrogen and oxygen atoms in total. The monoisotopic (exact) mass is 297 g/mol. The fourth-order valence-electron chi connectivity index (χ4n) is 2.48. The van der Waals surface area contributed by atoms with Crippen LogP contribution in [-0.2, 0) is 0 Å². The van der Waals surface area contributed by atoms with Crippen LogP contribution in [0.5, 0.6) is 11.5 Å². The molecule has 0 aliphatic carbocycles. The number of halogens is 1. The first-order valence-corrected chi connectivity index (χ1v) is 6.79. The molecule has 1 atom stereocenters. The summed E-state index contributed by atoms with van der Waals surface area (Å²) in [6, 6.07) is 4.54. The number of fused-ring (bicyclic) bond motifs is 1. The van der Waals surface area contributed by atoms with Crippen molar-refractivity contribution in [1.29, 1.82) is 0 Å². The molecule has 0 amide bonds. The lowest BCUT2D eigenvalue weighted by atomic mass is 10.0. The van der Waals surface area contributed by atoms with Gasteiger partial charge in [-0.3, -0.25) is 0 Å². The topological polar surface area (TPSA) is 30.5 Å². The zero-order valence-electron chi connectivity index (χ0n) is 10.0. The highest BCUT2D eigenvalue weighted by Crippen LogP contribution is 2.44. The van der Waals surface area contributed by atoms with Crippen molar-refractivity contribution >= 4 is 15.9 Å². The molecule has 1 unspecified atom stereocenters. The van der Waals surface area contributed by atoms with Crippen molar-refractivity contribution in [3.63, 3.8) is 0 Å². The molecule has 0 aromatic heterocycles. The lowest BCUT2D eigenvalue weighted by Crippen LogP contribution is -2.29. The van der Waals surface area contributed by atoms with Gasteiger partial charge >= 0.3 is 0 Å². The molecule has 92 valence electrons. The van der Waals surface area contributed by atoms with Gasteiger partial charge in [0.05, 0.1) is 0 Å². The van der Waals surface area contributed by atoms with Gasteiger partial charge in [-0.1, -0.05) is 15.9 Å². The van der Waals surface area contributed by atoms with Crippen molar-refractivity contribution in [2.75, 3.05) is 6.54 Å². The summed E-state index contributed by atoms with van der Waals surface area (Å²) in [5, 5.41) is 3.50. The quantitative estimate of drug-likeness (QED) is 0.862. The first-order chi connectivity index (χ1) is 8.05. The number of hydrogen-bond donors (Lipinski definition) is 1. The molecule has 4 heteroatoms. The Morgan fingerprint density at radius 2 is 2.00 bits per heavy atom. The highest BCUT2D eigenvalue weighted by molar-refractivity contribution is 9.10. The van der Waals surface area contributed by atoms with E-state index < -0.39 is 5.79 Å². The van der Waals surface area contributed by atoms with Crippen LogP contribution in [0.3, 0.4) is 0 Å². The van der Waals surface area contributed by atoms with Crippen molar-refractivity contribution in [3.8, 4) is 11.5 Å². The van der Waals surface area contributed by atoms with Gasteiger partial charge in [-0.25, -0.2) is 0 Å². The average Bonchev–Trinajstić information content (AvgIpc) is 2.81. The van der Waals surface area contributed by atoms with Gasteiger partial charge in [0.1, 0.15) is 0 Å². The van der Waals surface area contributed by atoms with Crippen LogP contribution in [0.2, 0.25) is 0 Å². The zero-order chi connectivity index (χ0) is 12.0. The SMILES string of the molecule is CC1(C)Oc2cc(Br)c(C3CCCN3)cc2O1. The molecule has 0 bridgehead atoms. The molecule has 0 radical (unpaired) electrons. The Bertz CT molecular complexity index is 453. The van der Waals surface area contributed by atoms with E-state index in [-0.39, 0.29) is 0 Å². The van der Waals surface area contributed by atoms with E-state index in [1.165, 1.54) is 18.4 Å². The molecular formula is C13H16BrNO2. The van der Waals surface area contributed by atoms with E-state index in [9.17, 15) is 0 Å². The van der Waals surface area contributed by atoms with E-state index in [1.54, 1.807) is 0 Å². The third kappa shape index (κ3) is 2.04. The van der Waals surface area contributed by atoms with Crippen molar-refractivity contribution in [2.45, 2.75) is 38.5 Å². The molecule has 1 aromatic rings. The minimum atomic E-state index is -0.552. The Balaban J connectivity index is 1.97. The van der Waals surface area contributed by atoms with Crippen LogP contribution >= 0.6 is 15.9 Å². The summed E-state index contributed by atoms with van der Waals surface area (Å²) in [7, 11) is 0. The van der Waals surface area contributed by atoms with Crippen molar-refractivity contribution in [2.24, 2.45) is 0 Å². The Kier molecular flexibility index (Phi) is 2.60. The predicted molar refractivity (Wildman–Crippen MR) is 69.5 cm³/mol. The van der Waals surface area contributed by atoms with Gasteiger partial charge in [0.15, 0.2) is 11.5 Å². The lowest BCUT2D eigenvalue weighted by molar-refractivity contribution is -0.0431. The zero-order valence-corrected chi connectivity index (χ0v) is 11.6. The van der Waals surface area contributed by atoms with Gasteiger partial charge in [0.25, 0.3) is 0 Å². The summed E-state index contributed by atoms with van der Waals surface area (Å²) in [5.41, 5.74) is 1.27. The summed E-state index contributed by atoms with van der Waals surface area (Å²) in [6.45, 7) is 4.94. The highest BCUT2D eigenvalue weighted by atomic mass is 79.9. The lowest BCUT2D eigenvalue weighted by Gasteiger charge is -2.16. The molecule has 1 saturated heterocycles. The van der Waals surface area contributed by atoms with Gasteiger partial charge in [0, 0.05) is 24.4 Å². The first-order valence-electron chi connectivity index (χ1n) is 6.00.